The van der Waals surface area contributed by atoms with Gasteiger partial charge in [0.05, 0.1) is 198 Å². The lowest BCUT2D eigenvalue weighted by Crippen LogP contribution is -2.15. The van der Waals surface area contributed by atoms with E-state index in [1.165, 1.54) is 0 Å². The van der Waals surface area contributed by atoms with E-state index in [2.05, 4.69) is 6.92 Å². The summed E-state index contributed by atoms with van der Waals surface area (Å²) in [6.45, 7) is 17.8. The molecule has 0 fully saturated rings. The number of rotatable bonds is 47. The molecule has 0 aliphatic rings. The minimum absolute atomic E-state index is 0.0236. The van der Waals surface area contributed by atoms with Crippen molar-refractivity contribution in [3.63, 3.8) is 0 Å². The molecule has 50 heavy (non-hydrogen) atoms. The van der Waals surface area contributed by atoms with E-state index in [0.29, 0.717) is 192 Å². The minimum Gasteiger partial charge on any atom is -0.394 e. The Bertz CT molecular complexity index is 533. The van der Waals surface area contributed by atoms with Crippen LogP contribution in [0.1, 0.15) is 19.8 Å². The van der Waals surface area contributed by atoms with E-state index >= 15 is 0 Å². The molecule has 0 saturated heterocycles. The first-order chi connectivity index (χ1) is 24.9. The molecule has 0 atom stereocenters. The molecule has 16 heteroatoms. The van der Waals surface area contributed by atoms with E-state index in [-0.39, 0.29) is 6.61 Å². The van der Waals surface area contributed by atoms with Crippen molar-refractivity contribution < 1.29 is 76.2 Å². The van der Waals surface area contributed by atoms with E-state index in [9.17, 15) is 0 Å². The first-order valence-corrected chi connectivity index (χ1v) is 18.2. The van der Waals surface area contributed by atoms with Gasteiger partial charge >= 0.3 is 0 Å². The molecule has 0 bridgehead atoms. The summed E-state index contributed by atoms with van der Waals surface area (Å²) >= 11 is 0. The van der Waals surface area contributed by atoms with Gasteiger partial charge in [0.15, 0.2) is 0 Å². The molecule has 0 heterocycles. The maximum Gasteiger partial charge on any atom is 0.0701 e. The van der Waals surface area contributed by atoms with Crippen molar-refractivity contribution in [2.45, 2.75) is 19.8 Å². The predicted octanol–water partition coefficient (Wildman–Crippen LogP) is 1.03. The van der Waals surface area contributed by atoms with Gasteiger partial charge in [-0.1, -0.05) is 13.3 Å². The Morgan fingerprint density at radius 1 is 0.220 bits per heavy atom. The molecule has 0 aliphatic heterocycles. The molecule has 16 nitrogen and oxygen atoms in total. The van der Waals surface area contributed by atoms with Gasteiger partial charge in [0.2, 0.25) is 0 Å². The van der Waals surface area contributed by atoms with Gasteiger partial charge in [0.25, 0.3) is 0 Å². The Morgan fingerprint density at radius 3 is 0.500 bits per heavy atom. The van der Waals surface area contributed by atoms with Crippen molar-refractivity contribution in [1.82, 2.24) is 0 Å². The molecule has 0 rings (SSSR count). The topological polar surface area (TPSA) is 159 Å². The van der Waals surface area contributed by atoms with Gasteiger partial charge in [-0.05, 0) is 6.42 Å². The summed E-state index contributed by atoms with van der Waals surface area (Å²) in [7, 11) is 0. The summed E-state index contributed by atoms with van der Waals surface area (Å²) in [5, 5.41) is 8.58. The van der Waals surface area contributed by atoms with Gasteiger partial charge in [-0.25, -0.2) is 0 Å². The number of unbranched alkanes of at least 4 members (excludes halogenated alkanes) is 1. The Labute approximate surface area is 300 Å². The van der Waals surface area contributed by atoms with Crippen molar-refractivity contribution in [2.75, 3.05) is 205 Å². The van der Waals surface area contributed by atoms with Crippen molar-refractivity contribution in [1.29, 1.82) is 0 Å². The zero-order valence-electron chi connectivity index (χ0n) is 30.9. The minimum atomic E-state index is 0.0236. The SMILES string of the molecule is CCCCOCCOCCOCCOCCOCCOCCOCCOCCOCCOCCOCCOCCOCCOCCOCCO. The van der Waals surface area contributed by atoms with Crippen LogP contribution >= 0.6 is 0 Å². The molecule has 0 aliphatic carbocycles. The van der Waals surface area contributed by atoms with E-state index < -0.39 is 0 Å². The van der Waals surface area contributed by atoms with Crippen molar-refractivity contribution in [3.05, 3.63) is 0 Å². The molecule has 0 spiro atoms. The highest BCUT2D eigenvalue weighted by Crippen LogP contribution is 1.90. The van der Waals surface area contributed by atoms with E-state index in [1.807, 2.05) is 0 Å². The molecule has 0 aromatic rings. The lowest BCUT2D eigenvalue weighted by Gasteiger charge is -2.09. The van der Waals surface area contributed by atoms with Crippen molar-refractivity contribution in [3.8, 4) is 0 Å². The number of aliphatic hydroxyl groups is 1. The summed E-state index contributed by atoms with van der Waals surface area (Å²) < 4.78 is 81.4. The molecule has 302 valence electrons. The normalized spacial score (nSPS) is 11.6. The molecule has 0 unspecified atom stereocenters. The summed E-state index contributed by atoms with van der Waals surface area (Å²) in [5.41, 5.74) is 0. The second kappa shape index (κ2) is 48.4. The average Bonchev–Trinajstić information content (AvgIpc) is 3.13. The zero-order valence-corrected chi connectivity index (χ0v) is 30.9. The van der Waals surface area contributed by atoms with Crippen LogP contribution in [0.25, 0.3) is 0 Å². The molecule has 0 amide bonds. The maximum absolute atomic E-state index is 8.58. The van der Waals surface area contributed by atoms with Crippen LogP contribution in [0.3, 0.4) is 0 Å². The quantitative estimate of drug-likeness (QED) is 0.0883. The van der Waals surface area contributed by atoms with E-state index in [0.717, 1.165) is 19.4 Å². The lowest BCUT2D eigenvalue weighted by atomic mass is 10.4. The molecule has 0 aromatic carbocycles. The van der Waals surface area contributed by atoms with Crippen LogP contribution in [0.15, 0.2) is 0 Å². The summed E-state index contributed by atoms with van der Waals surface area (Å²) in [5.74, 6) is 0. The molecule has 0 radical (unpaired) electrons. The molecule has 1 N–H and O–H groups in total. The number of ether oxygens (including phenoxy) is 15. The highest BCUT2D eigenvalue weighted by molar-refractivity contribution is 4.40. The Balaban J connectivity index is 3.04. The number of hydrogen-bond donors (Lipinski definition) is 1. The summed E-state index contributed by atoms with van der Waals surface area (Å²) in [6.07, 6.45) is 2.23. The standard InChI is InChI=1S/C34H70O16/c1-2-3-5-36-7-9-38-11-13-40-15-17-42-19-21-44-23-25-46-27-29-48-31-33-50-34-32-49-30-28-47-26-24-45-22-20-43-18-16-41-14-12-39-10-8-37-6-4-35/h35H,2-34H2,1H3. The summed E-state index contributed by atoms with van der Waals surface area (Å²) in [4.78, 5) is 0. The van der Waals surface area contributed by atoms with E-state index in [1.54, 1.807) is 0 Å². The van der Waals surface area contributed by atoms with Crippen LogP contribution < -0.4 is 0 Å². The fourth-order valence-electron chi connectivity index (χ4n) is 3.49. The van der Waals surface area contributed by atoms with Crippen LogP contribution in [0.4, 0.5) is 0 Å². The first kappa shape index (κ1) is 49.4. The van der Waals surface area contributed by atoms with Crippen molar-refractivity contribution in [2.24, 2.45) is 0 Å². The Morgan fingerprint density at radius 2 is 0.360 bits per heavy atom. The predicted molar refractivity (Wildman–Crippen MR) is 184 cm³/mol. The highest BCUT2D eigenvalue weighted by Gasteiger charge is 1.97. The number of aliphatic hydroxyl groups excluding tert-OH is 1. The second-order valence-corrected chi connectivity index (χ2v) is 10.3. The average molecular weight is 735 g/mol. The van der Waals surface area contributed by atoms with Crippen LogP contribution in [0.2, 0.25) is 0 Å². The van der Waals surface area contributed by atoms with Gasteiger partial charge in [0, 0.05) is 6.61 Å². The van der Waals surface area contributed by atoms with Crippen LogP contribution in [-0.2, 0) is 71.1 Å². The Hall–Kier alpha value is -0.640. The van der Waals surface area contributed by atoms with Crippen LogP contribution in [0.5, 0.6) is 0 Å². The zero-order chi connectivity index (χ0) is 35.9. The van der Waals surface area contributed by atoms with Crippen molar-refractivity contribution >= 4 is 0 Å². The number of hydrogen-bond acceptors (Lipinski definition) is 16. The van der Waals surface area contributed by atoms with Gasteiger partial charge in [0.1, 0.15) is 0 Å². The van der Waals surface area contributed by atoms with E-state index in [4.69, 9.17) is 76.2 Å². The highest BCUT2D eigenvalue weighted by atomic mass is 16.6. The monoisotopic (exact) mass is 734 g/mol. The third-order valence-electron chi connectivity index (χ3n) is 6.09. The van der Waals surface area contributed by atoms with Gasteiger partial charge < -0.3 is 76.2 Å². The lowest BCUT2D eigenvalue weighted by molar-refractivity contribution is -0.0301. The fraction of sp³-hybridized carbons (Fsp3) is 1.00. The summed E-state index contributed by atoms with van der Waals surface area (Å²) in [6, 6.07) is 0. The molecule has 0 saturated carbocycles. The molecule has 0 aromatic heterocycles. The Kier molecular flexibility index (Phi) is 47.7. The third-order valence-corrected chi connectivity index (χ3v) is 6.09. The van der Waals surface area contributed by atoms with Gasteiger partial charge in [-0.3, -0.25) is 0 Å². The maximum atomic E-state index is 8.58. The second-order valence-electron chi connectivity index (χ2n) is 10.3. The fourth-order valence-corrected chi connectivity index (χ4v) is 3.49. The van der Waals surface area contributed by atoms with Gasteiger partial charge in [-0.2, -0.15) is 0 Å². The van der Waals surface area contributed by atoms with Gasteiger partial charge in [-0.15, -0.1) is 0 Å². The third kappa shape index (κ3) is 47.4. The first-order valence-electron chi connectivity index (χ1n) is 18.2. The largest absolute Gasteiger partial charge is 0.394 e. The van der Waals surface area contributed by atoms with Crippen LogP contribution in [0, 0.1) is 0 Å². The van der Waals surface area contributed by atoms with Crippen LogP contribution in [-0.4, -0.2) is 210 Å². The smallest absolute Gasteiger partial charge is 0.0701 e. The molecular formula is C34H70O16. The molecular weight excluding hydrogens is 664 g/mol.